The van der Waals surface area contributed by atoms with Crippen LogP contribution in [0.3, 0.4) is 0 Å². The van der Waals surface area contributed by atoms with Gasteiger partial charge in [0.1, 0.15) is 5.60 Å². The number of aliphatic hydroxyl groups is 1. The first-order valence-corrected chi connectivity index (χ1v) is 8.79. The first-order valence-electron chi connectivity index (χ1n) is 8.79. The Hall–Kier alpha value is -1.59. The lowest BCUT2D eigenvalue weighted by molar-refractivity contribution is 0.0396. The van der Waals surface area contributed by atoms with Gasteiger partial charge in [-0.05, 0) is 45.7 Å². The molecule has 1 fully saturated rings. The molecule has 2 N–H and O–H groups in total. The van der Waals surface area contributed by atoms with E-state index in [2.05, 4.69) is 10.2 Å². The van der Waals surface area contributed by atoms with Crippen LogP contribution in [-0.2, 0) is 4.74 Å². The molecule has 2 atom stereocenters. The van der Waals surface area contributed by atoms with Gasteiger partial charge in [0, 0.05) is 12.6 Å². The number of rotatable bonds is 5. The lowest BCUT2D eigenvalue weighted by atomic mass is 9.96. The van der Waals surface area contributed by atoms with Crippen molar-refractivity contribution in [2.45, 2.75) is 57.7 Å². The second-order valence-corrected chi connectivity index (χ2v) is 7.38. The highest BCUT2D eigenvalue weighted by molar-refractivity contribution is 5.67. The fourth-order valence-electron chi connectivity index (χ4n) is 3.24. The lowest BCUT2D eigenvalue weighted by Crippen LogP contribution is -2.49. The van der Waals surface area contributed by atoms with Gasteiger partial charge in [-0.3, -0.25) is 4.90 Å². The number of piperidine rings is 1. The van der Waals surface area contributed by atoms with E-state index in [4.69, 9.17) is 4.74 Å². The van der Waals surface area contributed by atoms with Gasteiger partial charge in [0.05, 0.1) is 12.6 Å². The zero-order chi connectivity index (χ0) is 17.6. The molecule has 0 saturated carbocycles. The van der Waals surface area contributed by atoms with Gasteiger partial charge in [-0.1, -0.05) is 36.8 Å². The molecule has 0 bridgehead atoms. The van der Waals surface area contributed by atoms with Crippen LogP contribution in [0.15, 0.2) is 30.3 Å². The summed E-state index contributed by atoms with van der Waals surface area (Å²) in [7, 11) is 0. The molecule has 0 aliphatic carbocycles. The van der Waals surface area contributed by atoms with Crippen LogP contribution in [-0.4, -0.2) is 47.4 Å². The van der Waals surface area contributed by atoms with Crippen molar-refractivity contribution in [3.05, 3.63) is 35.9 Å². The first kappa shape index (κ1) is 18.7. The van der Waals surface area contributed by atoms with Crippen molar-refractivity contribution < 1.29 is 14.6 Å². The van der Waals surface area contributed by atoms with Crippen LogP contribution in [0, 0.1) is 0 Å². The lowest BCUT2D eigenvalue weighted by Gasteiger charge is -2.41. The molecule has 0 radical (unpaired) electrons. The molecule has 0 spiro atoms. The SMILES string of the molecule is CC(C)(C)OC(=O)NCC1CCCCN1C(CO)c1ccccc1. The number of hydrogen-bond donors (Lipinski definition) is 2. The number of alkyl carbamates (subject to hydrolysis) is 1. The quantitative estimate of drug-likeness (QED) is 0.868. The predicted molar refractivity (Wildman–Crippen MR) is 94.9 cm³/mol. The van der Waals surface area contributed by atoms with Gasteiger partial charge >= 0.3 is 6.09 Å². The highest BCUT2D eigenvalue weighted by Gasteiger charge is 2.30. The third-order valence-corrected chi connectivity index (χ3v) is 4.31. The van der Waals surface area contributed by atoms with Gasteiger partial charge in [0.15, 0.2) is 0 Å². The van der Waals surface area contributed by atoms with Gasteiger partial charge in [-0.2, -0.15) is 0 Å². The number of benzene rings is 1. The number of carbonyl (C=O) groups is 1. The van der Waals surface area contributed by atoms with Crippen molar-refractivity contribution in [2.24, 2.45) is 0 Å². The maximum Gasteiger partial charge on any atom is 0.407 e. The fraction of sp³-hybridized carbons (Fsp3) is 0.632. The molecule has 1 heterocycles. The molecule has 1 aliphatic heterocycles. The largest absolute Gasteiger partial charge is 0.444 e. The average Bonchev–Trinajstić information content (AvgIpc) is 2.54. The molecular weight excluding hydrogens is 304 g/mol. The molecule has 2 unspecified atom stereocenters. The topological polar surface area (TPSA) is 61.8 Å². The zero-order valence-electron chi connectivity index (χ0n) is 15.0. The van der Waals surface area contributed by atoms with Crippen LogP contribution < -0.4 is 5.32 Å². The summed E-state index contributed by atoms with van der Waals surface area (Å²) in [5, 5.41) is 12.8. The molecule has 0 aromatic heterocycles. The van der Waals surface area contributed by atoms with Gasteiger partial charge in [0.25, 0.3) is 0 Å². The Balaban J connectivity index is 2.00. The van der Waals surface area contributed by atoms with Gasteiger partial charge in [-0.25, -0.2) is 4.79 Å². The molecule has 5 nitrogen and oxygen atoms in total. The van der Waals surface area contributed by atoms with E-state index in [9.17, 15) is 9.90 Å². The standard InChI is InChI=1S/C19H30N2O3/c1-19(2,3)24-18(23)20-13-16-11-7-8-12-21(16)17(14-22)15-9-5-4-6-10-15/h4-6,9-10,16-17,22H,7-8,11-14H2,1-3H3,(H,20,23). The molecule has 5 heteroatoms. The number of ether oxygens (including phenoxy) is 1. The molecule has 1 saturated heterocycles. The van der Waals surface area contributed by atoms with Crippen LogP contribution in [0.5, 0.6) is 0 Å². The Kier molecular flexibility index (Phi) is 6.63. The Morgan fingerprint density at radius 2 is 2.04 bits per heavy atom. The smallest absolute Gasteiger partial charge is 0.407 e. The minimum atomic E-state index is -0.492. The Labute approximate surface area is 145 Å². The van der Waals surface area contributed by atoms with Gasteiger partial charge in [-0.15, -0.1) is 0 Å². The van der Waals surface area contributed by atoms with E-state index in [-0.39, 0.29) is 24.8 Å². The van der Waals surface area contributed by atoms with Crippen molar-refractivity contribution in [3.63, 3.8) is 0 Å². The van der Waals surface area contributed by atoms with E-state index in [1.807, 2.05) is 51.1 Å². The number of likely N-dealkylation sites (tertiary alicyclic amines) is 1. The molecule has 1 aromatic carbocycles. The summed E-state index contributed by atoms with van der Waals surface area (Å²) in [5.41, 5.74) is 0.623. The summed E-state index contributed by atoms with van der Waals surface area (Å²) < 4.78 is 5.32. The predicted octanol–water partition coefficient (Wildman–Crippen LogP) is 3.10. The van der Waals surface area contributed by atoms with Crippen molar-refractivity contribution in [2.75, 3.05) is 19.7 Å². The van der Waals surface area contributed by atoms with Crippen LogP contribution in [0.1, 0.15) is 51.6 Å². The maximum atomic E-state index is 11.9. The van der Waals surface area contributed by atoms with E-state index in [1.54, 1.807) is 0 Å². The van der Waals surface area contributed by atoms with Crippen LogP contribution in [0.4, 0.5) is 4.79 Å². The summed E-state index contributed by atoms with van der Waals surface area (Å²) in [6.07, 6.45) is 2.89. The highest BCUT2D eigenvalue weighted by Crippen LogP contribution is 2.28. The second-order valence-electron chi connectivity index (χ2n) is 7.38. The van der Waals surface area contributed by atoms with Crippen LogP contribution in [0.25, 0.3) is 0 Å². The van der Waals surface area contributed by atoms with Crippen LogP contribution >= 0.6 is 0 Å². The van der Waals surface area contributed by atoms with E-state index in [0.29, 0.717) is 6.54 Å². The molecule has 1 aliphatic rings. The summed E-state index contributed by atoms with van der Waals surface area (Å²) in [5.74, 6) is 0. The number of aliphatic hydroxyl groups excluding tert-OH is 1. The number of hydrogen-bond acceptors (Lipinski definition) is 4. The number of carbonyl (C=O) groups excluding carboxylic acids is 1. The minimum absolute atomic E-state index is 0.0306. The minimum Gasteiger partial charge on any atom is -0.444 e. The summed E-state index contributed by atoms with van der Waals surface area (Å²) in [6.45, 7) is 7.12. The average molecular weight is 334 g/mol. The number of nitrogens with one attached hydrogen (secondary N) is 1. The normalized spacial score (nSPS) is 20.4. The summed E-state index contributed by atoms with van der Waals surface area (Å²) in [4.78, 5) is 14.2. The Morgan fingerprint density at radius 1 is 1.33 bits per heavy atom. The van der Waals surface area contributed by atoms with Gasteiger partial charge in [0.2, 0.25) is 0 Å². The van der Waals surface area contributed by atoms with E-state index >= 15 is 0 Å². The van der Waals surface area contributed by atoms with Crippen molar-refractivity contribution in [3.8, 4) is 0 Å². The molecular formula is C19H30N2O3. The van der Waals surface area contributed by atoms with Crippen molar-refractivity contribution >= 4 is 6.09 Å². The number of amides is 1. The molecule has 1 aromatic rings. The molecule has 2 rings (SSSR count). The maximum absolute atomic E-state index is 11.9. The molecule has 134 valence electrons. The third-order valence-electron chi connectivity index (χ3n) is 4.31. The zero-order valence-corrected chi connectivity index (χ0v) is 15.0. The van der Waals surface area contributed by atoms with E-state index in [0.717, 1.165) is 31.4 Å². The monoisotopic (exact) mass is 334 g/mol. The molecule has 1 amide bonds. The van der Waals surface area contributed by atoms with Crippen molar-refractivity contribution in [1.29, 1.82) is 0 Å². The fourth-order valence-corrected chi connectivity index (χ4v) is 3.24. The second kappa shape index (κ2) is 8.49. The number of nitrogens with zero attached hydrogens (tertiary/aromatic N) is 1. The Morgan fingerprint density at radius 3 is 2.67 bits per heavy atom. The third kappa shape index (κ3) is 5.49. The van der Waals surface area contributed by atoms with Crippen molar-refractivity contribution in [1.82, 2.24) is 10.2 Å². The van der Waals surface area contributed by atoms with E-state index < -0.39 is 5.60 Å². The van der Waals surface area contributed by atoms with Crippen LogP contribution in [0.2, 0.25) is 0 Å². The highest BCUT2D eigenvalue weighted by atomic mass is 16.6. The summed E-state index contributed by atoms with van der Waals surface area (Å²) >= 11 is 0. The summed E-state index contributed by atoms with van der Waals surface area (Å²) in [6, 6.07) is 10.3. The Bertz CT molecular complexity index is 513. The first-order chi connectivity index (χ1) is 11.4. The van der Waals surface area contributed by atoms with Gasteiger partial charge < -0.3 is 15.2 Å². The molecule has 24 heavy (non-hydrogen) atoms. The van der Waals surface area contributed by atoms with E-state index in [1.165, 1.54) is 0 Å².